The van der Waals surface area contributed by atoms with Crippen LogP contribution in [0.5, 0.6) is 0 Å². The Morgan fingerprint density at radius 3 is 2.59 bits per heavy atom. The molecule has 1 unspecified atom stereocenters. The molecule has 7 nitrogen and oxygen atoms in total. The highest BCUT2D eigenvalue weighted by Gasteiger charge is 2.25. The molecule has 0 radical (unpaired) electrons. The van der Waals surface area contributed by atoms with Gasteiger partial charge in [0.25, 0.3) is 11.6 Å². The molecule has 1 amide bonds. The molecule has 2 rings (SSSR count). The van der Waals surface area contributed by atoms with Crippen molar-refractivity contribution in [2.45, 2.75) is 32.4 Å². The molecule has 0 saturated carbocycles. The van der Waals surface area contributed by atoms with Crippen LogP contribution >= 0.6 is 11.6 Å². The van der Waals surface area contributed by atoms with Crippen molar-refractivity contribution in [3.8, 4) is 0 Å². The molecule has 0 saturated heterocycles. The molecule has 0 bridgehead atoms. The van der Waals surface area contributed by atoms with Gasteiger partial charge in [0.15, 0.2) is 0 Å². The van der Waals surface area contributed by atoms with Crippen LogP contribution in [0.2, 0.25) is 5.02 Å². The molecule has 27 heavy (non-hydrogen) atoms. The lowest BCUT2D eigenvalue weighted by Gasteiger charge is -2.25. The minimum atomic E-state index is -1.30. The Labute approximate surface area is 162 Å². The van der Waals surface area contributed by atoms with E-state index in [4.69, 9.17) is 11.6 Å². The van der Waals surface area contributed by atoms with Crippen molar-refractivity contribution in [1.29, 1.82) is 0 Å². The van der Waals surface area contributed by atoms with Gasteiger partial charge in [0.1, 0.15) is 11.3 Å². The fraction of sp³-hybridized carbons (Fsp3) is 0.316. The summed E-state index contributed by atoms with van der Waals surface area (Å²) < 4.78 is 0. The molecule has 0 aliphatic heterocycles. The lowest BCUT2D eigenvalue weighted by Crippen LogP contribution is -2.31. The number of hydrogen-bond acceptors (Lipinski definition) is 5. The summed E-state index contributed by atoms with van der Waals surface area (Å²) in [5.74, 6) is -0.384. The van der Waals surface area contributed by atoms with E-state index < -0.39 is 10.5 Å². The van der Waals surface area contributed by atoms with E-state index >= 15 is 0 Å². The summed E-state index contributed by atoms with van der Waals surface area (Å²) in [6, 6.07) is 10.9. The van der Waals surface area contributed by atoms with E-state index in [1.165, 1.54) is 18.2 Å². The Bertz CT molecular complexity index is 853. The number of carbonyl (C=O) groups is 1. The second kappa shape index (κ2) is 8.37. The van der Waals surface area contributed by atoms with E-state index in [2.05, 4.69) is 10.6 Å². The molecule has 144 valence electrons. The summed E-state index contributed by atoms with van der Waals surface area (Å²) in [6.07, 6.45) is 0. The average molecular weight is 392 g/mol. The molecule has 1 atom stereocenters. The third-order valence-corrected chi connectivity index (χ3v) is 4.18. The third-order valence-electron chi connectivity index (χ3n) is 3.95. The topological polar surface area (TPSA) is 104 Å². The molecule has 8 heteroatoms. The third kappa shape index (κ3) is 5.42. The molecule has 2 aromatic carbocycles. The number of anilines is 1. The van der Waals surface area contributed by atoms with Crippen molar-refractivity contribution in [2.75, 3.05) is 11.9 Å². The molecule has 0 aliphatic rings. The van der Waals surface area contributed by atoms with Crippen molar-refractivity contribution >= 4 is 28.9 Å². The van der Waals surface area contributed by atoms with Gasteiger partial charge < -0.3 is 15.7 Å². The summed E-state index contributed by atoms with van der Waals surface area (Å²) in [5, 5.41) is 28.2. The van der Waals surface area contributed by atoms with Crippen LogP contribution in [0, 0.1) is 10.1 Å². The second-order valence-corrected chi connectivity index (χ2v) is 7.19. The van der Waals surface area contributed by atoms with Crippen molar-refractivity contribution in [3.63, 3.8) is 0 Å². The maximum Gasteiger partial charge on any atom is 0.293 e. The molecular formula is C19H22ClN3O4. The lowest BCUT2D eigenvalue weighted by atomic mass is 9.96. The Balaban J connectivity index is 2.23. The van der Waals surface area contributed by atoms with Gasteiger partial charge in [-0.3, -0.25) is 14.9 Å². The number of nitrogens with zero attached hydrogens (tertiary/aromatic N) is 1. The fourth-order valence-corrected chi connectivity index (χ4v) is 2.70. The predicted octanol–water partition coefficient (Wildman–Crippen LogP) is 3.71. The van der Waals surface area contributed by atoms with Crippen LogP contribution in [0.1, 0.15) is 36.7 Å². The number of benzene rings is 2. The Morgan fingerprint density at radius 2 is 2.00 bits per heavy atom. The molecule has 0 heterocycles. The zero-order chi connectivity index (χ0) is 20.2. The number of nitrogens with one attached hydrogen (secondary N) is 2. The summed E-state index contributed by atoms with van der Waals surface area (Å²) in [6.45, 7) is 5.22. The van der Waals surface area contributed by atoms with Gasteiger partial charge in [-0.05, 0) is 50.6 Å². The minimum absolute atomic E-state index is 0.0196. The van der Waals surface area contributed by atoms with Crippen LogP contribution in [0.25, 0.3) is 0 Å². The maximum absolute atomic E-state index is 12.1. The van der Waals surface area contributed by atoms with Gasteiger partial charge in [0.2, 0.25) is 0 Å². The van der Waals surface area contributed by atoms with Crippen molar-refractivity contribution in [3.05, 3.63) is 68.7 Å². The summed E-state index contributed by atoms with van der Waals surface area (Å²) in [7, 11) is 0. The first kappa shape index (κ1) is 20.7. The highest BCUT2D eigenvalue weighted by atomic mass is 35.5. The number of amides is 1. The van der Waals surface area contributed by atoms with E-state index in [-0.39, 0.29) is 35.4 Å². The summed E-state index contributed by atoms with van der Waals surface area (Å²) in [4.78, 5) is 22.9. The SMILES string of the molecule is CC(C)NC(=O)c1ccc(NCC(C)(O)c2cccc(Cl)c2)c([N+](=O)[O-])c1. The Morgan fingerprint density at radius 1 is 1.30 bits per heavy atom. The van der Waals surface area contributed by atoms with E-state index in [9.17, 15) is 20.0 Å². The molecule has 0 aromatic heterocycles. The number of hydrogen-bond donors (Lipinski definition) is 3. The number of nitro benzene ring substituents is 1. The lowest BCUT2D eigenvalue weighted by molar-refractivity contribution is -0.384. The highest BCUT2D eigenvalue weighted by Crippen LogP contribution is 2.29. The normalized spacial score (nSPS) is 13.1. The zero-order valence-corrected chi connectivity index (χ0v) is 16.1. The molecule has 3 N–H and O–H groups in total. The van der Waals surface area contributed by atoms with Crippen molar-refractivity contribution in [2.24, 2.45) is 0 Å². The van der Waals surface area contributed by atoms with Crippen molar-refractivity contribution in [1.82, 2.24) is 5.32 Å². The van der Waals surface area contributed by atoms with Crippen LogP contribution in [-0.4, -0.2) is 28.5 Å². The predicted molar refractivity (Wildman–Crippen MR) is 105 cm³/mol. The summed E-state index contributed by atoms with van der Waals surface area (Å²) in [5.41, 5.74) is -0.552. The monoisotopic (exact) mass is 391 g/mol. The summed E-state index contributed by atoms with van der Waals surface area (Å²) >= 11 is 5.96. The first-order valence-corrected chi connectivity index (χ1v) is 8.79. The number of rotatable bonds is 7. The van der Waals surface area contributed by atoms with Gasteiger partial charge in [-0.15, -0.1) is 0 Å². The van der Waals surface area contributed by atoms with Crippen molar-refractivity contribution < 1.29 is 14.8 Å². The number of nitro groups is 1. The van der Waals surface area contributed by atoms with Gasteiger partial charge in [0.05, 0.1) is 4.92 Å². The number of aliphatic hydroxyl groups is 1. The first-order valence-electron chi connectivity index (χ1n) is 8.42. The van der Waals surface area contributed by atoms with E-state index in [0.717, 1.165) is 0 Å². The maximum atomic E-state index is 12.1. The Kier molecular flexibility index (Phi) is 6.41. The van der Waals surface area contributed by atoms with Crippen LogP contribution in [0.4, 0.5) is 11.4 Å². The van der Waals surface area contributed by atoms with Crippen LogP contribution < -0.4 is 10.6 Å². The average Bonchev–Trinajstić information content (AvgIpc) is 2.59. The van der Waals surface area contributed by atoms with Gasteiger partial charge in [0, 0.05) is 29.2 Å². The Hall–Kier alpha value is -2.64. The molecular weight excluding hydrogens is 370 g/mol. The van der Waals surface area contributed by atoms with Gasteiger partial charge in [-0.2, -0.15) is 0 Å². The van der Waals surface area contributed by atoms with Crippen LogP contribution in [-0.2, 0) is 5.60 Å². The minimum Gasteiger partial charge on any atom is -0.384 e. The van der Waals surface area contributed by atoms with Gasteiger partial charge >= 0.3 is 0 Å². The standard InChI is InChI=1S/C19H22ClN3O4/c1-12(2)22-18(24)13-7-8-16(17(9-13)23(26)27)21-11-19(3,25)14-5-4-6-15(20)10-14/h4-10,12,21,25H,11H2,1-3H3,(H,22,24). The largest absolute Gasteiger partial charge is 0.384 e. The van der Waals surface area contributed by atoms with Crippen LogP contribution in [0.15, 0.2) is 42.5 Å². The van der Waals surface area contributed by atoms with Gasteiger partial charge in [-0.25, -0.2) is 0 Å². The highest BCUT2D eigenvalue weighted by molar-refractivity contribution is 6.30. The van der Waals surface area contributed by atoms with E-state index in [0.29, 0.717) is 10.6 Å². The first-order chi connectivity index (χ1) is 12.6. The number of carbonyl (C=O) groups excluding carboxylic acids is 1. The van der Waals surface area contributed by atoms with E-state index in [1.807, 2.05) is 0 Å². The fourth-order valence-electron chi connectivity index (χ4n) is 2.51. The van der Waals surface area contributed by atoms with E-state index in [1.54, 1.807) is 45.0 Å². The molecule has 2 aromatic rings. The van der Waals surface area contributed by atoms with Gasteiger partial charge in [-0.1, -0.05) is 23.7 Å². The quantitative estimate of drug-likeness (QED) is 0.493. The zero-order valence-electron chi connectivity index (χ0n) is 15.3. The molecule has 0 fully saturated rings. The molecule has 0 spiro atoms. The smallest absolute Gasteiger partial charge is 0.293 e. The number of halogens is 1. The molecule has 0 aliphatic carbocycles. The second-order valence-electron chi connectivity index (χ2n) is 6.75. The van der Waals surface area contributed by atoms with Crippen LogP contribution in [0.3, 0.4) is 0 Å².